The molecule has 92 valence electrons. The molecule has 0 radical (unpaired) electrons. The van der Waals surface area contributed by atoms with Crippen molar-refractivity contribution in [1.82, 2.24) is 0 Å². The summed E-state index contributed by atoms with van der Waals surface area (Å²) in [5.74, 6) is -0.957. The summed E-state index contributed by atoms with van der Waals surface area (Å²) in [5, 5.41) is 19.5. The predicted molar refractivity (Wildman–Crippen MR) is 63.6 cm³/mol. The van der Waals surface area contributed by atoms with Gasteiger partial charge in [0.05, 0.1) is 11.3 Å². The van der Waals surface area contributed by atoms with Gasteiger partial charge in [-0.3, -0.25) is 14.9 Å². The van der Waals surface area contributed by atoms with E-state index in [-0.39, 0.29) is 23.7 Å². The maximum atomic E-state index is 10.9. The van der Waals surface area contributed by atoms with Crippen LogP contribution in [0.1, 0.15) is 6.42 Å². The molecule has 0 aliphatic heterocycles. The number of nitro benzene ring substituents is 1. The lowest BCUT2D eigenvalue weighted by atomic mass is 10.2. The number of nitro groups is 1. The fourth-order valence-electron chi connectivity index (χ4n) is 1.38. The zero-order valence-electron chi connectivity index (χ0n) is 9.09. The number of nitrogens with zero attached hydrogens (tertiary/aromatic N) is 2. The lowest BCUT2D eigenvalue weighted by molar-refractivity contribution is -0.384. The Morgan fingerprint density at radius 3 is 2.76 bits per heavy atom. The van der Waals surface area contributed by atoms with Crippen molar-refractivity contribution in [1.29, 1.82) is 0 Å². The fraction of sp³-hybridized carbons (Fsp3) is 0.300. The minimum Gasteiger partial charge on any atom is -0.481 e. The highest BCUT2D eigenvalue weighted by Crippen LogP contribution is 2.34. The van der Waals surface area contributed by atoms with Crippen LogP contribution in [0.2, 0.25) is 5.02 Å². The van der Waals surface area contributed by atoms with Crippen molar-refractivity contribution in [2.24, 2.45) is 0 Å². The molecule has 0 bridgehead atoms. The van der Waals surface area contributed by atoms with Crippen molar-refractivity contribution in [3.05, 3.63) is 33.3 Å². The second-order valence-corrected chi connectivity index (χ2v) is 3.84. The molecule has 1 rings (SSSR count). The van der Waals surface area contributed by atoms with Crippen molar-refractivity contribution in [2.45, 2.75) is 6.42 Å². The predicted octanol–water partition coefficient (Wildman–Crippen LogP) is 2.16. The number of carboxylic acids is 1. The van der Waals surface area contributed by atoms with Gasteiger partial charge >= 0.3 is 11.7 Å². The minimum absolute atomic E-state index is 0.0367. The van der Waals surface area contributed by atoms with Crippen LogP contribution in [-0.2, 0) is 4.79 Å². The zero-order valence-corrected chi connectivity index (χ0v) is 9.85. The van der Waals surface area contributed by atoms with Crippen LogP contribution in [0.5, 0.6) is 0 Å². The third kappa shape index (κ3) is 3.32. The number of benzene rings is 1. The highest BCUT2D eigenvalue weighted by Gasteiger charge is 2.21. The van der Waals surface area contributed by atoms with E-state index in [1.165, 1.54) is 17.0 Å². The molecule has 0 spiro atoms. The number of anilines is 1. The highest BCUT2D eigenvalue weighted by molar-refractivity contribution is 6.33. The Morgan fingerprint density at radius 2 is 2.24 bits per heavy atom. The van der Waals surface area contributed by atoms with E-state index in [4.69, 9.17) is 16.7 Å². The molecule has 0 unspecified atom stereocenters. The molecule has 7 heteroatoms. The van der Waals surface area contributed by atoms with Gasteiger partial charge in [-0.2, -0.15) is 0 Å². The van der Waals surface area contributed by atoms with Gasteiger partial charge in [-0.25, -0.2) is 0 Å². The van der Waals surface area contributed by atoms with Gasteiger partial charge in [0.1, 0.15) is 10.7 Å². The molecule has 0 aliphatic carbocycles. The first-order chi connectivity index (χ1) is 7.93. The lowest BCUT2D eigenvalue weighted by Gasteiger charge is -2.18. The van der Waals surface area contributed by atoms with E-state index in [0.717, 1.165) is 0 Å². The number of hydrogen-bond acceptors (Lipinski definition) is 4. The van der Waals surface area contributed by atoms with Crippen molar-refractivity contribution in [3.63, 3.8) is 0 Å². The third-order valence-corrected chi connectivity index (χ3v) is 2.53. The Morgan fingerprint density at radius 1 is 1.59 bits per heavy atom. The monoisotopic (exact) mass is 258 g/mol. The number of aliphatic carboxylic acids is 1. The molecule has 6 nitrogen and oxygen atoms in total. The third-order valence-electron chi connectivity index (χ3n) is 2.22. The second kappa shape index (κ2) is 5.49. The average Bonchev–Trinajstić information content (AvgIpc) is 2.24. The largest absolute Gasteiger partial charge is 0.481 e. The van der Waals surface area contributed by atoms with Crippen LogP contribution in [0, 0.1) is 10.1 Å². The molecular weight excluding hydrogens is 248 g/mol. The van der Waals surface area contributed by atoms with Crippen LogP contribution in [0.4, 0.5) is 11.4 Å². The summed E-state index contributed by atoms with van der Waals surface area (Å²) in [5.41, 5.74) is 0.103. The van der Waals surface area contributed by atoms with Crippen LogP contribution in [0.25, 0.3) is 0 Å². The Hall–Kier alpha value is -1.82. The quantitative estimate of drug-likeness (QED) is 0.646. The van der Waals surface area contributed by atoms with Gasteiger partial charge in [-0.05, 0) is 12.1 Å². The van der Waals surface area contributed by atoms with Crippen molar-refractivity contribution < 1.29 is 14.8 Å². The number of rotatable bonds is 5. The molecule has 0 aliphatic rings. The summed E-state index contributed by atoms with van der Waals surface area (Å²) in [4.78, 5) is 22.2. The highest BCUT2D eigenvalue weighted by atomic mass is 35.5. The summed E-state index contributed by atoms with van der Waals surface area (Å²) in [6, 6.07) is 4.54. The molecule has 0 atom stereocenters. The Kier molecular flexibility index (Phi) is 4.28. The number of halogens is 1. The van der Waals surface area contributed by atoms with E-state index in [0.29, 0.717) is 5.69 Å². The van der Waals surface area contributed by atoms with Crippen LogP contribution < -0.4 is 4.90 Å². The van der Waals surface area contributed by atoms with Gasteiger partial charge in [0.2, 0.25) is 0 Å². The van der Waals surface area contributed by atoms with E-state index >= 15 is 0 Å². The van der Waals surface area contributed by atoms with Crippen LogP contribution in [0.15, 0.2) is 18.2 Å². The average molecular weight is 259 g/mol. The number of carboxylic acid groups (broad SMARTS) is 1. The van der Waals surface area contributed by atoms with E-state index in [1.807, 2.05) is 0 Å². The minimum atomic E-state index is -0.957. The van der Waals surface area contributed by atoms with Gasteiger partial charge < -0.3 is 10.0 Å². The summed E-state index contributed by atoms with van der Waals surface area (Å²) in [6.07, 6.45) is -0.0971. The summed E-state index contributed by atoms with van der Waals surface area (Å²) in [6.45, 7) is 0.177. The first kappa shape index (κ1) is 13.2. The van der Waals surface area contributed by atoms with Gasteiger partial charge in [-0.1, -0.05) is 17.7 Å². The lowest BCUT2D eigenvalue weighted by Crippen LogP contribution is -2.21. The van der Waals surface area contributed by atoms with E-state index in [1.54, 1.807) is 13.1 Å². The first-order valence-electron chi connectivity index (χ1n) is 4.79. The number of hydrogen-bond donors (Lipinski definition) is 1. The molecular formula is C10H11ClN2O4. The van der Waals surface area contributed by atoms with Gasteiger partial charge in [0.15, 0.2) is 0 Å². The summed E-state index contributed by atoms with van der Waals surface area (Å²) in [7, 11) is 1.58. The molecule has 1 N–H and O–H groups in total. The van der Waals surface area contributed by atoms with Gasteiger partial charge in [0, 0.05) is 13.6 Å². The van der Waals surface area contributed by atoms with Crippen molar-refractivity contribution >= 4 is 28.9 Å². The Bertz CT molecular complexity index is 450. The molecule has 1 aromatic carbocycles. The van der Waals surface area contributed by atoms with Gasteiger partial charge in [0.25, 0.3) is 0 Å². The Balaban J connectivity index is 3.00. The normalized spacial score (nSPS) is 10.0. The maximum Gasteiger partial charge on any atom is 0.310 e. The van der Waals surface area contributed by atoms with Crippen LogP contribution in [-0.4, -0.2) is 29.6 Å². The summed E-state index contributed by atoms with van der Waals surface area (Å²) < 4.78 is 0. The molecule has 0 saturated heterocycles. The summed E-state index contributed by atoms with van der Waals surface area (Å²) >= 11 is 5.75. The van der Waals surface area contributed by atoms with E-state index < -0.39 is 10.9 Å². The molecule has 0 amide bonds. The molecule has 0 fully saturated rings. The number of para-hydroxylation sites is 1. The first-order valence-corrected chi connectivity index (χ1v) is 5.17. The van der Waals surface area contributed by atoms with Gasteiger partial charge in [-0.15, -0.1) is 0 Å². The van der Waals surface area contributed by atoms with Crippen LogP contribution in [0.3, 0.4) is 0 Å². The Labute approximate surface area is 103 Å². The maximum absolute atomic E-state index is 10.9. The van der Waals surface area contributed by atoms with Crippen LogP contribution >= 0.6 is 11.6 Å². The SMILES string of the molecule is CN(CCC(=O)O)c1cccc(Cl)c1[N+](=O)[O-]. The molecule has 0 aromatic heterocycles. The number of carbonyl (C=O) groups is 1. The smallest absolute Gasteiger partial charge is 0.310 e. The van der Waals surface area contributed by atoms with Crippen molar-refractivity contribution in [2.75, 3.05) is 18.5 Å². The van der Waals surface area contributed by atoms with Crippen molar-refractivity contribution in [3.8, 4) is 0 Å². The topological polar surface area (TPSA) is 83.7 Å². The van der Waals surface area contributed by atoms with E-state index in [9.17, 15) is 14.9 Å². The molecule has 17 heavy (non-hydrogen) atoms. The second-order valence-electron chi connectivity index (χ2n) is 3.43. The molecule has 0 heterocycles. The standard InChI is InChI=1S/C10H11ClN2O4/c1-12(6-5-9(14)15)8-4-2-3-7(11)10(8)13(16)17/h2-4H,5-6H2,1H3,(H,14,15). The molecule has 1 aromatic rings. The zero-order chi connectivity index (χ0) is 13.0. The van der Waals surface area contributed by atoms with E-state index in [2.05, 4.69) is 0 Å². The fourth-order valence-corrected chi connectivity index (χ4v) is 1.62. The molecule has 0 saturated carbocycles.